The second-order valence-electron chi connectivity index (χ2n) is 8.56. The molecule has 156 valence electrons. The number of aromatic nitrogens is 1. The highest BCUT2D eigenvalue weighted by molar-refractivity contribution is 5.28. The van der Waals surface area contributed by atoms with Gasteiger partial charge >= 0.3 is 0 Å². The van der Waals surface area contributed by atoms with Gasteiger partial charge in [0, 0.05) is 31.5 Å². The third-order valence-electron chi connectivity index (χ3n) is 6.39. The van der Waals surface area contributed by atoms with Crippen molar-refractivity contribution in [1.82, 2.24) is 14.8 Å². The molecule has 1 atom stereocenters. The van der Waals surface area contributed by atoms with Gasteiger partial charge < -0.3 is 9.64 Å². The van der Waals surface area contributed by atoms with Crippen LogP contribution in [-0.2, 0) is 13.0 Å². The molecule has 3 heterocycles. The fraction of sp³-hybridized carbons (Fsp3) is 0.560. The van der Waals surface area contributed by atoms with E-state index < -0.39 is 0 Å². The Balaban J connectivity index is 1.44. The molecule has 4 rings (SSSR count). The van der Waals surface area contributed by atoms with E-state index in [4.69, 9.17) is 4.74 Å². The molecule has 4 nitrogen and oxygen atoms in total. The lowest BCUT2D eigenvalue weighted by Gasteiger charge is -2.36. The molecule has 29 heavy (non-hydrogen) atoms. The van der Waals surface area contributed by atoms with E-state index in [9.17, 15) is 0 Å². The fourth-order valence-corrected chi connectivity index (χ4v) is 4.77. The van der Waals surface area contributed by atoms with Gasteiger partial charge in [-0.15, -0.1) is 0 Å². The summed E-state index contributed by atoms with van der Waals surface area (Å²) in [6.07, 6.45) is 12.9. The van der Waals surface area contributed by atoms with Crippen molar-refractivity contribution in [2.45, 2.75) is 57.5 Å². The smallest absolute Gasteiger partial charge is 0.119 e. The van der Waals surface area contributed by atoms with Crippen LogP contribution in [-0.4, -0.2) is 53.6 Å². The lowest BCUT2D eigenvalue weighted by molar-refractivity contribution is 0.134. The largest absolute Gasteiger partial charge is 0.492 e. The average molecular weight is 394 g/mol. The molecule has 0 saturated carbocycles. The minimum atomic E-state index is 0.735. The molecule has 2 aromatic rings. The van der Waals surface area contributed by atoms with E-state index >= 15 is 0 Å². The second-order valence-corrected chi connectivity index (χ2v) is 8.56. The number of aryl methyl sites for hydroxylation is 1. The average Bonchev–Trinajstić information content (AvgIpc) is 2.76. The number of hydrogen-bond acceptors (Lipinski definition) is 4. The topological polar surface area (TPSA) is 28.6 Å². The predicted molar refractivity (Wildman–Crippen MR) is 118 cm³/mol. The van der Waals surface area contributed by atoms with Crippen LogP contribution in [0.15, 0.2) is 48.8 Å². The fourth-order valence-electron chi connectivity index (χ4n) is 4.77. The van der Waals surface area contributed by atoms with Crippen molar-refractivity contribution >= 4 is 0 Å². The quantitative estimate of drug-likeness (QED) is 0.749. The highest BCUT2D eigenvalue weighted by Gasteiger charge is 2.22. The summed E-state index contributed by atoms with van der Waals surface area (Å²) < 4.78 is 6.13. The Bertz CT molecular complexity index is 736. The first-order valence-corrected chi connectivity index (χ1v) is 11.4. The Morgan fingerprint density at radius 3 is 2.72 bits per heavy atom. The highest BCUT2D eigenvalue weighted by Crippen LogP contribution is 2.23. The minimum Gasteiger partial charge on any atom is -0.492 e. The van der Waals surface area contributed by atoms with E-state index in [0.717, 1.165) is 44.5 Å². The molecule has 0 radical (unpaired) electrons. The summed E-state index contributed by atoms with van der Waals surface area (Å²) in [5.74, 6) is 1.01. The van der Waals surface area contributed by atoms with E-state index in [-0.39, 0.29) is 0 Å². The molecule has 0 aliphatic carbocycles. The van der Waals surface area contributed by atoms with Gasteiger partial charge in [-0.3, -0.25) is 9.88 Å². The number of hydrogen-bond donors (Lipinski definition) is 0. The molecule has 1 aromatic heterocycles. The third-order valence-corrected chi connectivity index (χ3v) is 6.39. The maximum atomic E-state index is 6.13. The molecule has 0 N–H and O–H groups in total. The Morgan fingerprint density at radius 1 is 0.931 bits per heavy atom. The van der Waals surface area contributed by atoms with E-state index in [0.29, 0.717) is 0 Å². The van der Waals surface area contributed by atoms with Crippen LogP contribution in [0.1, 0.15) is 49.7 Å². The Morgan fingerprint density at radius 2 is 1.83 bits per heavy atom. The maximum absolute atomic E-state index is 6.13. The third kappa shape index (κ3) is 6.28. The van der Waals surface area contributed by atoms with Crippen molar-refractivity contribution in [3.8, 4) is 5.75 Å². The monoisotopic (exact) mass is 393 g/mol. The zero-order chi connectivity index (χ0) is 19.7. The van der Waals surface area contributed by atoms with Crippen LogP contribution in [0, 0.1) is 0 Å². The molecule has 0 spiro atoms. The molecule has 4 heteroatoms. The molecule has 1 aromatic carbocycles. The van der Waals surface area contributed by atoms with Crippen LogP contribution in [0.2, 0.25) is 0 Å². The van der Waals surface area contributed by atoms with Crippen molar-refractivity contribution in [3.05, 3.63) is 59.9 Å². The lowest BCUT2D eigenvalue weighted by atomic mass is 9.95. The predicted octanol–water partition coefficient (Wildman–Crippen LogP) is 4.54. The number of rotatable bonds is 2. The summed E-state index contributed by atoms with van der Waals surface area (Å²) in [5.41, 5.74) is 2.69. The molecular formula is C25H35N3O. The standard InChI is InChI=1S/C25H35N3O/c1-2-15-28-16-4-3-14-27(21-23-8-6-13-26-20-23)17-18-29-25-10-5-7-22(19-25)11-12-24(28)9-1/h5-8,10,13,19-20,24H,1-4,9,11-12,14-18,21H2. The first-order chi connectivity index (χ1) is 14.4. The molecule has 1 fully saturated rings. The number of ether oxygens (including phenoxy) is 1. The van der Waals surface area contributed by atoms with Gasteiger partial charge in [0.15, 0.2) is 0 Å². The molecule has 0 amide bonds. The van der Waals surface area contributed by atoms with Gasteiger partial charge in [0.05, 0.1) is 0 Å². The Labute approximate surface area is 175 Å². The SMILES string of the molecule is c1cncc(CN2CCCCN3CCCCC3CCc3cccc(c3)OCC2)c1. The molecular weight excluding hydrogens is 358 g/mol. The van der Waals surface area contributed by atoms with Crippen LogP contribution in [0.25, 0.3) is 0 Å². The number of benzene rings is 1. The van der Waals surface area contributed by atoms with Crippen LogP contribution >= 0.6 is 0 Å². The van der Waals surface area contributed by atoms with Crippen molar-refractivity contribution in [2.24, 2.45) is 0 Å². The summed E-state index contributed by atoms with van der Waals surface area (Å²) in [7, 11) is 0. The zero-order valence-electron chi connectivity index (χ0n) is 17.6. The van der Waals surface area contributed by atoms with Crippen LogP contribution in [0.4, 0.5) is 0 Å². The zero-order valence-corrected chi connectivity index (χ0v) is 17.6. The number of fused-ring (bicyclic) bond motifs is 3. The first-order valence-electron chi connectivity index (χ1n) is 11.4. The normalized spacial score (nSPS) is 22.7. The van der Waals surface area contributed by atoms with Crippen molar-refractivity contribution in [1.29, 1.82) is 0 Å². The van der Waals surface area contributed by atoms with Crippen LogP contribution in [0.3, 0.4) is 0 Å². The van der Waals surface area contributed by atoms with E-state index in [2.05, 4.69) is 45.1 Å². The summed E-state index contributed by atoms with van der Waals surface area (Å²) in [6.45, 7) is 6.29. The van der Waals surface area contributed by atoms with E-state index in [1.165, 1.54) is 62.7 Å². The molecule has 2 aliphatic rings. The molecule has 1 unspecified atom stereocenters. The van der Waals surface area contributed by atoms with Crippen LogP contribution < -0.4 is 4.74 Å². The van der Waals surface area contributed by atoms with Gasteiger partial charge in [-0.1, -0.05) is 24.6 Å². The molecule has 2 bridgehead atoms. The summed E-state index contributed by atoms with van der Waals surface area (Å²) in [6, 6.07) is 13.7. The lowest BCUT2D eigenvalue weighted by Crippen LogP contribution is -2.40. The van der Waals surface area contributed by atoms with Crippen LogP contribution in [0.5, 0.6) is 5.75 Å². The van der Waals surface area contributed by atoms with Gasteiger partial charge in [-0.2, -0.15) is 0 Å². The highest BCUT2D eigenvalue weighted by atomic mass is 16.5. The van der Waals surface area contributed by atoms with Crippen molar-refractivity contribution in [3.63, 3.8) is 0 Å². The summed E-state index contributed by atoms with van der Waals surface area (Å²) >= 11 is 0. The number of nitrogens with zero attached hydrogens (tertiary/aromatic N) is 3. The molecule has 1 saturated heterocycles. The van der Waals surface area contributed by atoms with Crippen molar-refractivity contribution in [2.75, 3.05) is 32.8 Å². The van der Waals surface area contributed by atoms with Gasteiger partial charge in [-0.25, -0.2) is 0 Å². The number of piperidine rings is 1. The Hall–Kier alpha value is -1.91. The summed E-state index contributed by atoms with van der Waals surface area (Å²) in [5, 5.41) is 0. The Kier molecular flexibility index (Phi) is 7.55. The summed E-state index contributed by atoms with van der Waals surface area (Å²) in [4.78, 5) is 9.58. The van der Waals surface area contributed by atoms with Crippen molar-refractivity contribution < 1.29 is 4.74 Å². The van der Waals surface area contributed by atoms with E-state index in [1.54, 1.807) is 0 Å². The second kappa shape index (κ2) is 10.7. The van der Waals surface area contributed by atoms with Gasteiger partial charge in [0.1, 0.15) is 12.4 Å². The maximum Gasteiger partial charge on any atom is 0.119 e. The first kappa shape index (κ1) is 20.4. The van der Waals surface area contributed by atoms with Gasteiger partial charge in [-0.05, 0) is 87.5 Å². The number of pyridine rings is 1. The minimum absolute atomic E-state index is 0.735. The van der Waals surface area contributed by atoms with Gasteiger partial charge in [0.2, 0.25) is 0 Å². The molecule has 2 aliphatic heterocycles. The van der Waals surface area contributed by atoms with E-state index in [1.807, 2.05) is 18.5 Å². The van der Waals surface area contributed by atoms with Gasteiger partial charge in [0.25, 0.3) is 0 Å².